The summed E-state index contributed by atoms with van der Waals surface area (Å²) in [5, 5.41) is 2.76. The highest BCUT2D eigenvalue weighted by Gasteiger charge is 2.33. The molecule has 0 bridgehead atoms. The predicted octanol–water partition coefficient (Wildman–Crippen LogP) is 3.29. The lowest BCUT2D eigenvalue weighted by molar-refractivity contribution is -0.130. The number of anilines is 1. The number of nitrogens with zero attached hydrogens (tertiary/aromatic N) is 2. The van der Waals surface area contributed by atoms with Gasteiger partial charge in [-0.1, -0.05) is 17.7 Å². The summed E-state index contributed by atoms with van der Waals surface area (Å²) < 4.78 is 11.5. The molecule has 0 aliphatic carbocycles. The fraction of sp³-hybridized carbons (Fsp3) is 0.280. The highest BCUT2D eigenvalue weighted by molar-refractivity contribution is 7.18. The summed E-state index contributed by atoms with van der Waals surface area (Å²) in [7, 11) is 3.21. The zero-order valence-corrected chi connectivity index (χ0v) is 21.9. The first-order valence-electron chi connectivity index (χ1n) is 11.3. The molecule has 4 rings (SSSR count). The highest BCUT2D eigenvalue weighted by Crippen LogP contribution is 2.33. The molecule has 10 nitrogen and oxygen atoms in total. The zero-order valence-electron chi connectivity index (χ0n) is 20.4. The average Bonchev–Trinajstić information content (AvgIpc) is 3.46. The molecule has 1 aromatic carbocycles. The number of likely N-dealkylation sites (N-methyl/N-ethyl adjacent to an activating group) is 1. The summed E-state index contributed by atoms with van der Waals surface area (Å²) >= 11 is 7.05. The molecule has 12 heteroatoms. The molecule has 1 atom stereocenters. The van der Waals surface area contributed by atoms with Crippen molar-refractivity contribution in [3.8, 4) is 16.9 Å². The van der Waals surface area contributed by atoms with Crippen LogP contribution in [0.2, 0.25) is 4.34 Å². The molecule has 37 heavy (non-hydrogen) atoms. The summed E-state index contributed by atoms with van der Waals surface area (Å²) in [5.41, 5.74) is 2.18. The molecular formula is C25H25ClN4O6S. The van der Waals surface area contributed by atoms with Gasteiger partial charge in [-0.05, 0) is 48.4 Å². The van der Waals surface area contributed by atoms with Crippen LogP contribution < -0.4 is 20.5 Å². The third kappa shape index (κ3) is 5.95. The number of cyclic esters (lactones) is 1. The normalized spacial score (nSPS) is 14.9. The Morgan fingerprint density at radius 2 is 2.00 bits per heavy atom. The number of amides is 3. The van der Waals surface area contributed by atoms with Crippen molar-refractivity contribution in [3.05, 3.63) is 67.7 Å². The molecule has 1 saturated heterocycles. The van der Waals surface area contributed by atoms with Crippen LogP contribution >= 0.6 is 22.9 Å². The van der Waals surface area contributed by atoms with Crippen molar-refractivity contribution in [2.75, 3.05) is 38.7 Å². The van der Waals surface area contributed by atoms with Crippen LogP contribution in [-0.4, -0.2) is 67.7 Å². The van der Waals surface area contributed by atoms with Gasteiger partial charge in [0, 0.05) is 31.5 Å². The maximum absolute atomic E-state index is 12.5. The van der Waals surface area contributed by atoms with Crippen molar-refractivity contribution in [2.24, 2.45) is 0 Å². The smallest absolute Gasteiger partial charge is 0.414 e. The quantitative estimate of drug-likeness (QED) is 0.449. The molecule has 3 amide bonds. The Morgan fingerprint density at radius 1 is 1.22 bits per heavy atom. The summed E-state index contributed by atoms with van der Waals surface area (Å²) in [6, 6.07) is 10.3. The summed E-state index contributed by atoms with van der Waals surface area (Å²) in [6.45, 7) is 1.99. The number of nitrogens with one attached hydrogen (secondary N) is 2. The average molecular weight is 545 g/mol. The second-order valence-corrected chi connectivity index (χ2v) is 10.3. The van der Waals surface area contributed by atoms with E-state index in [1.165, 1.54) is 27.3 Å². The van der Waals surface area contributed by atoms with E-state index >= 15 is 0 Å². The van der Waals surface area contributed by atoms with Gasteiger partial charge >= 0.3 is 6.09 Å². The maximum atomic E-state index is 12.5. The molecule has 3 heterocycles. The number of carbonyl (C=O) groups excluding carboxylic acids is 3. The van der Waals surface area contributed by atoms with Crippen molar-refractivity contribution in [1.29, 1.82) is 0 Å². The third-order valence-electron chi connectivity index (χ3n) is 5.73. The fourth-order valence-corrected chi connectivity index (χ4v) is 4.73. The number of hydrogen-bond acceptors (Lipinski definition) is 7. The van der Waals surface area contributed by atoms with E-state index in [9.17, 15) is 19.2 Å². The first kappa shape index (κ1) is 26.2. The highest BCUT2D eigenvalue weighted by atomic mass is 35.5. The Morgan fingerprint density at radius 3 is 2.68 bits per heavy atom. The van der Waals surface area contributed by atoms with Crippen molar-refractivity contribution in [2.45, 2.75) is 13.0 Å². The molecular weight excluding hydrogens is 520 g/mol. The molecule has 2 aromatic heterocycles. The van der Waals surface area contributed by atoms with Gasteiger partial charge in [0.15, 0.2) is 12.4 Å². The van der Waals surface area contributed by atoms with Crippen LogP contribution in [0.4, 0.5) is 10.5 Å². The Labute approximate surface area is 221 Å². The predicted molar refractivity (Wildman–Crippen MR) is 141 cm³/mol. The van der Waals surface area contributed by atoms with Gasteiger partial charge in [0.25, 0.3) is 17.4 Å². The van der Waals surface area contributed by atoms with Crippen LogP contribution in [-0.2, 0) is 9.53 Å². The van der Waals surface area contributed by atoms with Crippen LogP contribution in [0.15, 0.2) is 47.4 Å². The first-order chi connectivity index (χ1) is 17.6. The number of rotatable bonds is 8. The van der Waals surface area contributed by atoms with E-state index in [1.54, 1.807) is 50.5 Å². The molecule has 0 spiro atoms. The van der Waals surface area contributed by atoms with E-state index in [2.05, 4.69) is 10.3 Å². The second-order valence-electron chi connectivity index (χ2n) is 8.56. The number of benzene rings is 1. The molecule has 1 aliphatic rings. The number of aromatic amines is 1. The van der Waals surface area contributed by atoms with Gasteiger partial charge in [-0.2, -0.15) is 0 Å². The minimum atomic E-state index is -0.520. The largest absolute Gasteiger partial charge is 0.477 e. The van der Waals surface area contributed by atoms with Crippen LogP contribution in [0, 0.1) is 6.92 Å². The van der Waals surface area contributed by atoms with Crippen molar-refractivity contribution >= 4 is 46.5 Å². The maximum Gasteiger partial charge on any atom is 0.414 e. The minimum Gasteiger partial charge on any atom is -0.477 e. The van der Waals surface area contributed by atoms with Gasteiger partial charge in [-0.3, -0.25) is 19.3 Å². The Hall–Kier alpha value is -3.83. The van der Waals surface area contributed by atoms with Crippen molar-refractivity contribution < 1.29 is 23.9 Å². The van der Waals surface area contributed by atoms with Gasteiger partial charge in [0.2, 0.25) is 0 Å². The van der Waals surface area contributed by atoms with Crippen molar-refractivity contribution in [1.82, 2.24) is 15.2 Å². The number of pyridine rings is 1. The number of hydrogen-bond donors (Lipinski definition) is 2. The molecule has 3 aromatic rings. The number of carbonyl (C=O) groups is 3. The third-order valence-corrected chi connectivity index (χ3v) is 6.96. The second kappa shape index (κ2) is 11.1. The van der Waals surface area contributed by atoms with E-state index in [4.69, 9.17) is 21.1 Å². The van der Waals surface area contributed by atoms with Crippen LogP contribution in [0.25, 0.3) is 11.1 Å². The van der Waals surface area contributed by atoms with Gasteiger partial charge in [0.1, 0.15) is 6.10 Å². The molecule has 1 fully saturated rings. The SMILES string of the molecule is Cc1cc(N2C[C@H](CNC(=O)c3ccc(Cl)s3)OC2=O)ccc1-c1cc[nH]c(=O)c1OCC(=O)N(C)C. The monoisotopic (exact) mass is 544 g/mol. The van der Waals surface area contributed by atoms with Gasteiger partial charge in [-0.15, -0.1) is 11.3 Å². The first-order valence-corrected chi connectivity index (χ1v) is 12.5. The topological polar surface area (TPSA) is 121 Å². The molecule has 0 radical (unpaired) electrons. The minimum absolute atomic E-state index is 0.0389. The fourth-order valence-electron chi connectivity index (χ4n) is 3.77. The number of aromatic nitrogens is 1. The Balaban J connectivity index is 1.47. The molecule has 0 saturated carbocycles. The lowest BCUT2D eigenvalue weighted by Crippen LogP contribution is -2.34. The van der Waals surface area contributed by atoms with Gasteiger partial charge < -0.3 is 24.7 Å². The lowest BCUT2D eigenvalue weighted by atomic mass is 10.00. The molecule has 2 N–H and O–H groups in total. The summed E-state index contributed by atoms with van der Waals surface area (Å²) in [4.78, 5) is 55.1. The zero-order chi connectivity index (χ0) is 26.7. The summed E-state index contributed by atoms with van der Waals surface area (Å²) in [5.74, 6) is -0.523. The van der Waals surface area contributed by atoms with Crippen LogP contribution in [0.3, 0.4) is 0 Å². The van der Waals surface area contributed by atoms with Gasteiger partial charge in [0.05, 0.1) is 22.3 Å². The molecule has 0 unspecified atom stereocenters. The Bertz CT molecular complexity index is 1400. The molecule has 194 valence electrons. The number of halogens is 1. The number of ether oxygens (including phenoxy) is 2. The lowest BCUT2D eigenvalue weighted by Gasteiger charge is -2.17. The van der Waals surface area contributed by atoms with E-state index in [-0.39, 0.29) is 37.3 Å². The van der Waals surface area contributed by atoms with E-state index in [1.807, 2.05) is 6.92 Å². The number of H-pyrrole nitrogens is 1. The number of thiophene rings is 1. The van der Waals surface area contributed by atoms with Gasteiger partial charge in [-0.25, -0.2) is 4.79 Å². The van der Waals surface area contributed by atoms with E-state index < -0.39 is 17.8 Å². The Kier molecular flexibility index (Phi) is 7.84. The molecule has 1 aliphatic heterocycles. The van der Waals surface area contributed by atoms with Crippen LogP contribution in [0.5, 0.6) is 5.75 Å². The number of aryl methyl sites for hydroxylation is 1. The van der Waals surface area contributed by atoms with Crippen molar-refractivity contribution in [3.63, 3.8) is 0 Å². The standard InChI is InChI=1S/C25H25ClN4O6S/c1-14-10-15(30-12-16(36-25(30)34)11-28-23(32)19-6-7-20(26)37-19)4-5-17(14)18-8-9-27-24(33)22(18)35-13-21(31)29(2)3/h4-10,16H,11-13H2,1-3H3,(H,27,33)(H,28,32)/t16-/m0/s1. The van der Waals surface area contributed by atoms with E-state index in [0.717, 1.165) is 5.56 Å². The van der Waals surface area contributed by atoms with E-state index in [0.29, 0.717) is 26.0 Å². The summed E-state index contributed by atoms with van der Waals surface area (Å²) in [6.07, 6.45) is 0.466. The van der Waals surface area contributed by atoms with Crippen LogP contribution in [0.1, 0.15) is 15.2 Å².